The first kappa shape index (κ1) is 35.7. The predicted molar refractivity (Wildman–Crippen MR) is 194 cm³/mol. The molecule has 1 saturated carbocycles. The van der Waals surface area contributed by atoms with E-state index in [0.29, 0.717) is 11.8 Å². The number of aromatic nitrogens is 1. The summed E-state index contributed by atoms with van der Waals surface area (Å²) in [6.07, 6.45) is 15.4. The van der Waals surface area contributed by atoms with Crippen LogP contribution in [-0.4, -0.2) is 23.0 Å². The molecule has 1 aliphatic rings. The Kier molecular flexibility index (Phi) is 14.3. The minimum atomic E-state index is -0.289. The summed E-state index contributed by atoms with van der Waals surface area (Å²) >= 11 is 1.66. The maximum absolute atomic E-state index is 13.3. The van der Waals surface area contributed by atoms with E-state index in [1.54, 1.807) is 11.8 Å². The summed E-state index contributed by atoms with van der Waals surface area (Å²) in [6, 6.07) is 6.65. The number of hydrogen-bond donors (Lipinski definition) is 2. The number of aryl methyl sites for hydroxylation is 3. The molecular formula is C39H57N3OS. The van der Waals surface area contributed by atoms with E-state index in [0.717, 1.165) is 60.3 Å². The molecule has 5 heteroatoms. The number of benzene rings is 1. The fraction of sp³-hybridized carbons (Fsp3) is 0.538. The highest BCUT2D eigenvalue weighted by Crippen LogP contribution is 2.34. The Labute approximate surface area is 272 Å². The fourth-order valence-corrected chi connectivity index (χ4v) is 6.36. The van der Waals surface area contributed by atoms with E-state index in [2.05, 4.69) is 101 Å². The number of amides is 1. The monoisotopic (exact) mass is 615 g/mol. The molecule has 1 amide bonds. The van der Waals surface area contributed by atoms with Crippen LogP contribution in [0.1, 0.15) is 115 Å². The molecule has 0 aliphatic heterocycles. The molecule has 1 aliphatic carbocycles. The van der Waals surface area contributed by atoms with Crippen LogP contribution >= 0.6 is 11.8 Å². The Morgan fingerprint density at radius 2 is 1.89 bits per heavy atom. The Bertz CT molecular complexity index is 1350. The van der Waals surface area contributed by atoms with Gasteiger partial charge in [-0.2, -0.15) is 0 Å². The zero-order chi connectivity index (χ0) is 32.2. The van der Waals surface area contributed by atoms with E-state index in [9.17, 15) is 4.79 Å². The molecule has 4 nitrogen and oxygen atoms in total. The Hall–Kier alpha value is -2.79. The van der Waals surface area contributed by atoms with Gasteiger partial charge in [0.25, 0.3) is 0 Å². The van der Waals surface area contributed by atoms with Gasteiger partial charge in [-0.05, 0) is 106 Å². The lowest BCUT2D eigenvalue weighted by atomic mass is 9.95. The quantitative estimate of drug-likeness (QED) is 0.122. The van der Waals surface area contributed by atoms with Crippen molar-refractivity contribution in [3.63, 3.8) is 0 Å². The van der Waals surface area contributed by atoms with Gasteiger partial charge in [0.15, 0.2) is 0 Å². The van der Waals surface area contributed by atoms with Gasteiger partial charge in [0, 0.05) is 22.0 Å². The Balaban J connectivity index is 1.70. The van der Waals surface area contributed by atoms with E-state index in [1.165, 1.54) is 53.3 Å². The number of carbonyl (C=O) groups excluding carboxylic acids is 1. The van der Waals surface area contributed by atoms with Crippen molar-refractivity contribution < 1.29 is 4.79 Å². The van der Waals surface area contributed by atoms with Gasteiger partial charge in [0.2, 0.25) is 5.91 Å². The smallest absolute Gasteiger partial charge is 0.242 e. The van der Waals surface area contributed by atoms with E-state index in [4.69, 9.17) is 4.98 Å². The third-order valence-electron chi connectivity index (χ3n) is 8.85. The van der Waals surface area contributed by atoms with Crippen LogP contribution in [0.2, 0.25) is 0 Å². The summed E-state index contributed by atoms with van der Waals surface area (Å²) in [7, 11) is 0. The maximum atomic E-state index is 13.3. The second kappa shape index (κ2) is 17.6. The van der Waals surface area contributed by atoms with Crippen molar-refractivity contribution in [2.75, 3.05) is 0 Å². The van der Waals surface area contributed by atoms with Crippen molar-refractivity contribution in [1.82, 2.24) is 15.6 Å². The SMILES string of the molecule is C=C(C)NC(CCCc1cc(C(=C)S/C=C(\C)C(C)C)nc2c(C)c(CC)ccc12)C(=O)NC1C[C@H]1/C=C\CCCCCC. The number of unbranched alkanes of at least 4 members (excludes halogenated alkanes) is 4. The number of thioether (sulfide) groups is 1. The van der Waals surface area contributed by atoms with Crippen LogP contribution in [-0.2, 0) is 17.6 Å². The first-order valence-electron chi connectivity index (χ1n) is 16.9. The molecule has 1 aromatic carbocycles. The molecule has 44 heavy (non-hydrogen) atoms. The molecule has 2 unspecified atom stereocenters. The van der Waals surface area contributed by atoms with E-state index < -0.39 is 0 Å². The van der Waals surface area contributed by atoms with Gasteiger partial charge in [0.1, 0.15) is 6.04 Å². The van der Waals surface area contributed by atoms with E-state index in [-0.39, 0.29) is 18.0 Å². The number of hydrogen-bond acceptors (Lipinski definition) is 4. The number of rotatable bonds is 19. The average Bonchev–Trinajstić information content (AvgIpc) is 3.73. The van der Waals surface area contributed by atoms with Crippen LogP contribution < -0.4 is 10.6 Å². The van der Waals surface area contributed by atoms with Gasteiger partial charge in [-0.25, -0.2) is 4.98 Å². The van der Waals surface area contributed by atoms with Gasteiger partial charge in [-0.1, -0.05) is 102 Å². The van der Waals surface area contributed by atoms with Crippen LogP contribution in [0.4, 0.5) is 0 Å². The van der Waals surface area contributed by atoms with Crippen molar-refractivity contribution in [3.8, 4) is 0 Å². The summed E-state index contributed by atoms with van der Waals surface area (Å²) in [4.78, 5) is 19.4. The molecular weight excluding hydrogens is 559 g/mol. The number of nitrogens with one attached hydrogen (secondary N) is 2. The summed E-state index contributed by atoms with van der Waals surface area (Å²) in [6.45, 7) is 23.6. The van der Waals surface area contributed by atoms with Crippen LogP contribution in [0.3, 0.4) is 0 Å². The highest BCUT2D eigenvalue weighted by atomic mass is 32.2. The van der Waals surface area contributed by atoms with E-state index in [1.807, 2.05) is 6.92 Å². The number of allylic oxidation sites excluding steroid dienone is 3. The van der Waals surface area contributed by atoms with Crippen LogP contribution in [0.5, 0.6) is 0 Å². The third-order valence-corrected chi connectivity index (χ3v) is 9.83. The second-order valence-electron chi connectivity index (χ2n) is 13.0. The van der Waals surface area contributed by atoms with Crippen molar-refractivity contribution >= 4 is 33.5 Å². The standard InChI is InChI=1S/C39H57N3OS/c1-10-12-13-14-15-16-18-33-24-37(33)42-39(43)35(40-27(5)6)20-17-19-32-23-36(30(9)44-25-28(7)26(3)4)41-38-29(8)31(11-2)21-22-34(32)38/h16,18,21-23,25-26,33,35,37,40H,5,9-15,17,19-20,24H2,1-4,6-8H3,(H,42,43)/b18-16-,28-25+/t33-,35?,37?/m1/s1. The van der Waals surface area contributed by atoms with Crippen LogP contribution in [0.25, 0.3) is 15.8 Å². The van der Waals surface area contributed by atoms with Gasteiger partial charge in [-0.15, -0.1) is 0 Å². The normalized spacial score (nSPS) is 17.3. The topological polar surface area (TPSA) is 54.0 Å². The molecule has 2 aromatic rings. The average molecular weight is 616 g/mol. The predicted octanol–water partition coefficient (Wildman–Crippen LogP) is 10.2. The van der Waals surface area contributed by atoms with Gasteiger partial charge >= 0.3 is 0 Å². The lowest BCUT2D eigenvalue weighted by molar-refractivity contribution is -0.123. The Morgan fingerprint density at radius 3 is 2.57 bits per heavy atom. The molecule has 0 bridgehead atoms. The molecule has 0 radical (unpaired) electrons. The molecule has 1 fully saturated rings. The summed E-state index contributed by atoms with van der Waals surface area (Å²) in [5.74, 6) is 1.06. The van der Waals surface area contributed by atoms with Crippen LogP contribution in [0.15, 0.2) is 60.2 Å². The fourth-order valence-electron chi connectivity index (χ4n) is 5.53. The van der Waals surface area contributed by atoms with Gasteiger partial charge in [-0.3, -0.25) is 4.79 Å². The number of carbonyl (C=O) groups is 1. The highest BCUT2D eigenvalue weighted by Gasteiger charge is 2.37. The van der Waals surface area contributed by atoms with E-state index >= 15 is 0 Å². The zero-order valence-corrected chi connectivity index (χ0v) is 29.3. The number of pyridine rings is 1. The minimum absolute atomic E-state index is 0.0811. The zero-order valence-electron chi connectivity index (χ0n) is 28.5. The minimum Gasteiger partial charge on any atom is -0.378 e. The first-order chi connectivity index (χ1) is 21.0. The molecule has 2 N–H and O–H groups in total. The van der Waals surface area contributed by atoms with Gasteiger partial charge in [0.05, 0.1) is 11.2 Å². The van der Waals surface area contributed by atoms with Crippen molar-refractivity contribution in [2.45, 2.75) is 125 Å². The molecule has 1 heterocycles. The first-order valence-corrected chi connectivity index (χ1v) is 17.8. The summed E-state index contributed by atoms with van der Waals surface area (Å²) in [5, 5.41) is 10.1. The lowest BCUT2D eigenvalue weighted by Gasteiger charge is -2.20. The highest BCUT2D eigenvalue weighted by molar-refractivity contribution is 8.10. The molecule has 3 atom stereocenters. The maximum Gasteiger partial charge on any atom is 0.242 e. The van der Waals surface area contributed by atoms with Gasteiger partial charge < -0.3 is 10.6 Å². The van der Waals surface area contributed by atoms with Crippen molar-refractivity contribution in [2.24, 2.45) is 11.8 Å². The lowest BCUT2D eigenvalue weighted by Crippen LogP contribution is -2.44. The largest absolute Gasteiger partial charge is 0.378 e. The molecule has 240 valence electrons. The molecule has 0 saturated heterocycles. The summed E-state index contributed by atoms with van der Waals surface area (Å²) < 4.78 is 0. The molecule has 1 aromatic heterocycles. The third kappa shape index (κ3) is 10.7. The number of nitrogens with zero attached hydrogens (tertiary/aromatic N) is 1. The van der Waals surface area contributed by atoms with Crippen molar-refractivity contribution in [1.29, 1.82) is 0 Å². The summed E-state index contributed by atoms with van der Waals surface area (Å²) in [5.41, 5.74) is 8.01. The second-order valence-corrected chi connectivity index (χ2v) is 13.9. The number of fused-ring (bicyclic) bond motifs is 1. The van der Waals surface area contributed by atoms with Crippen molar-refractivity contribution in [3.05, 3.63) is 82.6 Å². The van der Waals surface area contributed by atoms with Crippen LogP contribution in [0, 0.1) is 18.8 Å². The molecule has 3 rings (SSSR count). The Morgan fingerprint density at radius 1 is 1.11 bits per heavy atom. The molecule has 0 spiro atoms.